The summed E-state index contributed by atoms with van der Waals surface area (Å²) in [6.07, 6.45) is 5.39. The van der Waals surface area contributed by atoms with Crippen molar-refractivity contribution in [3.8, 4) is 0 Å². The molecule has 0 radical (unpaired) electrons. The molecule has 4 N–H and O–H groups in total. The Morgan fingerprint density at radius 2 is 2.05 bits per heavy atom. The van der Waals surface area contributed by atoms with Crippen LogP contribution in [-0.2, 0) is 9.59 Å². The van der Waals surface area contributed by atoms with Crippen LogP contribution in [0.4, 0.5) is 0 Å². The number of aliphatic carboxylic acids is 1. The molecule has 0 aromatic heterocycles. The van der Waals surface area contributed by atoms with E-state index in [2.05, 4.69) is 12.2 Å². The molecule has 0 aromatic rings. The van der Waals surface area contributed by atoms with E-state index < -0.39 is 5.97 Å². The number of carboxylic acids is 1. The second-order valence-corrected chi connectivity index (χ2v) is 5.50. The van der Waals surface area contributed by atoms with Gasteiger partial charge in [0.15, 0.2) is 0 Å². The van der Waals surface area contributed by atoms with Crippen LogP contribution in [0.15, 0.2) is 0 Å². The van der Waals surface area contributed by atoms with Crippen molar-refractivity contribution in [3.05, 3.63) is 0 Å². The van der Waals surface area contributed by atoms with Gasteiger partial charge >= 0.3 is 5.97 Å². The van der Waals surface area contributed by atoms with Crippen molar-refractivity contribution in [2.75, 3.05) is 6.54 Å². The van der Waals surface area contributed by atoms with Crippen molar-refractivity contribution in [1.82, 2.24) is 5.32 Å². The summed E-state index contributed by atoms with van der Waals surface area (Å²) in [7, 11) is 0. The molecule has 5 nitrogen and oxygen atoms in total. The number of carboxylic acid groups (broad SMARTS) is 1. The SMILES string of the molecule is CCC(CCN)CCC(=O)NC(CC(=O)O)C1CC1. The Morgan fingerprint density at radius 1 is 1.37 bits per heavy atom. The monoisotopic (exact) mass is 270 g/mol. The molecule has 1 amide bonds. The van der Waals surface area contributed by atoms with Gasteiger partial charge in [-0.15, -0.1) is 0 Å². The molecule has 0 bridgehead atoms. The van der Waals surface area contributed by atoms with Gasteiger partial charge in [0.2, 0.25) is 5.91 Å². The van der Waals surface area contributed by atoms with Crippen molar-refractivity contribution < 1.29 is 14.7 Å². The van der Waals surface area contributed by atoms with E-state index in [4.69, 9.17) is 10.8 Å². The lowest BCUT2D eigenvalue weighted by molar-refractivity contribution is -0.137. The van der Waals surface area contributed by atoms with Crippen LogP contribution in [0.3, 0.4) is 0 Å². The van der Waals surface area contributed by atoms with Crippen LogP contribution in [-0.4, -0.2) is 29.6 Å². The van der Waals surface area contributed by atoms with Gasteiger partial charge in [-0.1, -0.05) is 13.3 Å². The minimum atomic E-state index is -0.841. The molecule has 5 heteroatoms. The fraction of sp³-hybridized carbons (Fsp3) is 0.857. The van der Waals surface area contributed by atoms with Gasteiger partial charge in [-0.05, 0) is 44.1 Å². The van der Waals surface area contributed by atoms with Gasteiger partial charge in [-0.25, -0.2) is 0 Å². The van der Waals surface area contributed by atoms with Crippen molar-refractivity contribution in [2.45, 2.75) is 57.9 Å². The average molecular weight is 270 g/mol. The van der Waals surface area contributed by atoms with Gasteiger partial charge in [-0.3, -0.25) is 9.59 Å². The van der Waals surface area contributed by atoms with Crippen LogP contribution in [0.5, 0.6) is 0 Å². The van der Waals surface area contributed by atoms with E-state index in [0.717, 1.165) is 32.1 Å². The van der Waals surface area contributed by atoms with E-state index in [1.807, 2.05) is 0 Å². The maximum atomic E-state index is 11.9. The molecule has 110 valence electrons. The highest BCUT2D eigenvalue weighted by atomic mass is 16.4. The van der Waals surface area contributed by atoms with Crippen molar-refractivity contribution in [1.29, 1.82) is 0 Å². The quantitative estimate of drug-likeness (QED) is 0.561. The summed E-state index contributed by atoms with van der Waals surface area (Å²) in [6, 6.07) is -0.181. The molecule has 2 unspecified atom stereocenters. The first-order valence-corrected chi connectivity index (χ1v) is 7.28. The van der Waals surface area contributed by atoms with Crippen molar-refractivity contribution >= 4 is 11.9 Å². The highest BCUT2D eigenvalue weighted by Gasteiger charge is 2.33. The minimum Gasteiger partial charge on any atom is -0.481 e. The molecular weight excluding hydrogens is 244 g/mol. The van der Waals surface area contributed by atoms with Gasteiger partial charge in [0, 0.05) is 12.5 Å². The largest absolute Gasteiger partial charge is 0.481 e. The Hall–Kier alpha value is -1.10. The zero-order chi connectivity index (χ0) is 14.3. The lowest BCUT2D eigenvalue weighted by atomic mass is 9.96. The van der Waals surface area contributed by atoms with Crippen molar-refractivity contribution in [3.63, 3.8) is 0 Å². The van der Waals surface area contributed by atoms with Crippen LogP contribution in [0.1, 0.15) is 51.9 Å². The second-order valence-electron chi connectivity index (χ2n) is 5.50. The minimum absolute atomic E-state index is 0.0198. The molecule has 1 aliphatic carbocycles. The molecule has 0 spiro atoms. The number of carbonyl (C=O) groups is 2. The molecule has 1 rings (SSSR count). The molecule has 19 heavy (non-hydrogen) atoms. The first-order valence-electron chi connectivity index (χ1n) is 7.28. The number of hydrogen-bond donors (Lipinski definition) is 3. The number of amides is 1. The Bertz CT molecular complexity index is 303. The molecule has 1 aliphatic rings. The van der Waals surface area contributed by atoms with Crippen LogP contribution in [0.25, 0.3) is 0 Å². The molecule has 0 saturated heterocycles. The van der Waals surface area contributed by atoms with E-state index in [1.54, 1.807) is 0 Å². The normalized spacial score (nSPS) is 17.8. The maximum Gasteiger partial charge on any atom is 0.305 e. The lowest BCUT2D eigenvalue weighted by Crippen LogP contribution is -2.38. The van der Waals surface area contributed by atoms with E-state index >= 15 is 0 Å². The Morgan fingerprint density at radius 3 is 2.53 bits per heavy atom. The van der Waals surface area contributed by atoms with Gasteiger partial charge in [0.05, 0.1) is 6.42 Å². The average Bonchev–Trinajstić information content (AvgIpc) is 3.17. The standard InChI is InChI=1S/C14H26N2O3/c1-2-10(7-8-15)3-6-13(17)16-12(9-14(18)19)11-4-5-11/h10-12H,2-9,15H2,1H3,(H,16,17)(H,18,19). The highest BCUT2D eigenvalue weighted by Crippen LogP contribution is 2.34. The summed E-state index contributed by atoms with van der Waals surface area (Å²) in [4.78, 5) is 22.6. The summed E-state index contributed by atoms with van der Waals surface area (Å²) in [5.74, 6) is 0.000973. The third-order valence-electron chi connectivity index (χ3n) is 3.86. The molecule has 0 aliphatic heterocycles. The fourth-order valence-corrected chi connectivity index (χ4v) is 2.42. The van der Waals surface area contributed by atoms with Crippen LogP contribution in [0.2, 0.25) is 0 Å². The zero-order valence-corrected chi connectivity index (χ0v) is 11.7. The summed E-state index contributed by atoms with van der Waals surface area (Å²) >= 11 is 0. The molecule has 0 heterocycles. The molecule has 1 fully saturated rings. The predicted molar refractivity (Wildman–Crippen MR) is 73.6 cm³/mol. The Balaban J connectivity index is 2.29. The first-order chi connectivity index (χ1) is 9.06. The van der Waals surface area contributed by atoms with Gasteiger partial charge in [0.1, 0.15) is 0 Å². The number of hydrogen-bond acceptors (Lipinski definition) is 3. The van der Waals surface area contributed by atoms with Crippen LogP contribution >= 0.6 is 0 Å². The van der Waals surface area contributed by atoms with Gasteiger partial charge < -0.3 is 16.2 Å². The molecule has 2 atom stereocenters. The fourth-order valence-electron chi connectivity index (χ4n) is 2.42. The second kappa shape index (κ2) is 8.15. The molecule has 0 aromatic carbocycles. The molecular formula is C14H26N2O3. The van der Waals surface area contributed by atoms with Crippen LogP contribution < -0.4 is 11.1 Å². The molecule has 1 saturated carbocycles. The number of nitrogens with two attached hydrogens (primary N) is 1. The van der Waals surface area contributed by atoms with E-state index in [9.17, 15) is 9.59 Å². The lowest BCUT2D eigenvalue weighted by Gasteiger charge is -2.18. The third-order valence-corrected chi connectivity index (χ3v) is 3.86. The van der Waals surface area contributed by atoms with E-state index in [0.29, 0.717) is 24.8 Å². The predicted octanol–water partition coefficient (Wildman–Crippen LogP) is 1.51. The summed E-state index contributed by atoms with van der Waals surface area (Å²) in [5, 5.41) is 11.7. The van der Waals surface area contributed by atoms with E-state index in [1.165, 1.54) is 0 Å². The first kappa shape index (κ1) is 16.0. The zero-order valence-electron chi connectivity index (χ0n) is 11.7. The van der Waals surface area contributed by atoms with E-state index in [-0.39, 0.29) is 18.4 Å². The maximum absolute atomic E-state index is 11.9. The number of nitrogens with one attached hydrogen (secondary N) is 1. The Labute approximate surface area is 114 Å². The summed E-state index contributed by atoms with van der Waals surface area (Å²) in [5.41, 5.74) is 5.53. The summed E-state index contributed by atoms with van der Waals surface area (Å²) in [6.45, 7) is 2.76. The number of rotatable bonds is 10. The third kappa shape index (κ3) is 6.57. The topological polar surface area (TPSA) is 92.4 Å². The number of carbonyl (C=O) groups excluding carboxylic acids is 1. The van der Waals surface area contributed by atoms with Gasteiger partial charge in [-0.2, -0.15) is 0 Å². The summed E-state index contributed by atoms with van der Waals surface area (Å²) < 4.78 is 0. The van der Waals surface area contributed by atoms with Crippen LogP contribution in [0, 0.1) is 11.8 Å². The smallest absolute Gasteiger partial charge is 0.305 e. The van der Waals surface area contributed by atoms with Crippen molar-refractivity contribution in [2.24, 2.45) is 17.6 Å². The Kier molecular flexibility index (Phi) is 6.84. The highest BCUT2D eigenvalue weighted by molar-refractivity contribution is 5.77. The van der Waals surface area contributed by atoms with Gasteiger partial charge in [0.25, 0.3) is 0 Å².